The Hall–Kier alpha value is -4.66. The van der Waals surface area contributed by atoms with Gasteiger partial charge in [0, 0.05) is 55.3 Å². The number of amides is 2. The quantitative estimate of drug-likeness (QED) is 0.409. The molecule has 0 bridgehead atoms. The van der Waals surface area contributed by atoms with Crippen LogP contribution in [-0.4, -0.2) is 57.4 Å². The monoisotopic (exact) mass is 481 g/mol. The lowest BCUT2D eigenvalue weighted by molar-refractivity contribution is -0.126. The first kappa shape index (κ1) is 23.1. The number of carbonyl (C=O) groups is 2. The lowest BCUT2D eigenvalue weighted by Crippen LogP contribution is -2.48. The van der Waals surface area contributed by atoms with Gasteiger partial charge in [-0.1, -0.05) is 24.8 Å². The molecule has 0 aliphatic carbocycles. The van der Waals surface area contributed by atoms with E-state index in [9.17, 15) is 9.59 Å². The molecule has 0 radical (unpaired) electrons. The van der Waals surface area contributed by atoms with Crippen molar-refractivity contribution in [3.8, 4) is 5.82 Å². The van der Waals surface area contributed by atoms with E-state index >= 15 is 0 Å². The van der Waals surface area contributed by atoms with Crippen LogP contribution >= 0.6 is 0 Å². The minimum Gasteiger partial charge on any atom is -0.368 e. The third-order valence-electron chi connectivity index (χ3n) is 6.42. The number of hydrogen-bond donors (Lipinski definition) is 2. The fourth-order valence-corrected chi connectivity index (χ4v) is 4.62. The van der Waals surface area contributed by atoms with Crippen LogP contribution in [-0.2, 0) is 4.79 Å². The van der Waals surface area contributed by atoms with E-state index in [0.29, 0.717) is 30.4 Å². The first-order chi connectivity index (χ1) is 17.4. The standard InChI is InChI=1S/C27H27N7O2/c1-3-25(35)33-14-12-32(13-15-33)22-9-8-19(16-18(22)2)30-27-29-11-10-24(31-27)34-17-21(26(28)36)20-6-4-5-7-23(20)34/h3-11,16-17H,1,12-15H2,2H3,(H2,28,36)(H,29,30,31). The van der Waals surface area contributed by atoms with E-state index in [0.717, 1.165) is 40.9 Å². The van der Waals surface area contributed by atoms with E-state index in [1.807, 2.05) is 39.8 Å². The zero-order valence-corrected chi connectivity index (χ0v) is 20.0. The summed E-state index contributed by atoms with van der Waals surface area (Å²) in [5.41, 5.74) is 9.99. The Morgan fingerprint density at radius 2 is 1.86 bits per heavy atom. The summed E-state index contributed by atoms with van der Waals surface area (Å²) in [6.45, 7) is 8.54. The van der Waals surface area contributed by atoms with Crippen molar-refractivity contribution in [1.29, 1.82) is 0 Å². The van der Waals surface area contributed by atoms with Gasteiger partial charge in [-0.15, -0.1) is 0 Å². The molecule has 4 aromatic rings. The van der Waals surface area contributed by atoms with Crippen molar-refractivity contribution in [2.45, 2.75) is 6.92 Å². The maximum atomic E-state index is 11.9. The largest absolute Gasteiger partial charge is 0.368 e. The maximum absolute atomic E-state index is 11.9. The van der Waals surface area contributed by atoms with Crippen molar-refractivity contribution in [3.05, 3.63) is 84.7 Å². The third kappa shape index (κ3) is 4.38. The van der Waals surface area contributed by atoms with Crippen LogP contribution in [0.3, 0.4) is 0 Å². The van der Waals surface area contributed by atoms with Crippen molar-refractivity contribution < 1.29 is 9.59 Å². The van der Waals surface area contributed by atoms with Gasteiger partial charge in [0.1, 0.15) is 5.82 Å². The molecule has 1 saturated heterocycles. The van der Waals surface area contributed by atoms with Gasteiger partial charge >= 0.3 is 0 Å². The summed E-state index contributed by atoms with van der Waals surface area (Å²) in [5.74, 6) is 0.555. The number of hydrogen-bond acceptors (Lipinski definition) is 6. The molecule has 9 nitrogen and oxygen atoms in total. The van der Waals surface area contributed by atoms with Crippen LogP contribution in [0.4, 0.5) is 17.3 Å². The number of fused-ring (bicyclic) bond motifs is 1. The molecule has 2 aromatic heterocycles. The van der Waals surface area contributed by atoms with E-state index in [1.165, 1.54) is 6.08 Å². The Bertz CT molecular complexity index is 1470. The van der Waals surface area contributed by atoms with Gasteiger partial charge < -0.3 is 25.4 Å². The first-order valence-corrected chi connectivity index (χ1v) is 11.7. The summed E-state index contributed by atoms with van der Waals surface area (Å²) in [5, 5.41) is 4.06. The molecule has 1 aliphatic rings. The van der Waals surface area contributed by atoms with E-state index in [4.69, 9.17) is 5.73 Å². The minimum absolute atomic E-state index is 0.0214. The molecule has 1 fully saturated rings. The second-order valence-electron chi connectivity index (χ2n) is 8.68. The number of aromatic nitrogens is 3. The van der Waals surface area contributed by atoms with Gasteiger partial charge in [-0.05, 0) is 48.9 Å². The number of nitrogens with one attached hydrogen (secondary N) is 1. The normalized spacial score (nSPS) is 13.6. The van der Waals surface area contributed by atoms with Crippen molar-refractivity contribution in [2.75, 3.05) is 36.4 Å². The maximum Gasteiger partial charge on any atom is 0.250 e. The predicted octanol–water partition coefficient (Wildman–Crippen LogP) is 3.41. The molecule has 0 saturated carbocycles. The highest BCUT2D eigenvalue weighted by molar-refractivity contribution is 6.06. The Kier molecular flexibility index (Phi) is 6.12. The lowest BCUT2D eigenvalue weighted by Gasteiger charge is -2.36. The second-order valence-corrected chi connectivity index (χ2v) is 8.68. The van der Waals surface area contributed by atoms with Crippen LogP contribution in [0.5, 0.6) is 0 Å². The summed E-state index contributed by atoms with van der Waals surface area (Å²) < 4.78 is 1.84. The van der Waals surface area contributed by atoms with Gasteiger partial charge in [0.15, 0.2) is 0 Å². The topological polar surface area (TPSA) is 109 Å². The number of benzene rings is 2. The molecule has 2 aromatic carbocycles. The minimum atomic E-state index is -0.485. The molecule has 5 rings (SSSR count). The highest BCUT2D eigenvalue weighted by Crippen LogP contribution is 2.27. The fourth-order valence-electron chi connectivity index (χ4n) is 4.62. The van der Waals surface area contributed by atoms with Crippen molar-refractivity contribution in [3.63, 3.8) is 0 Å². The molecule has 0 spiro atoms. The highest BCUT2D eigenvalue weighted by atomic mass is 16.2. The number of nitrogens with zero attached hydrogens (tertiary/aromatic N) is 5. The van der Waals surface area contributed by atoms with Gasteiger partial charge in [-0.3, -0.25) is 9.59 Å². The second kappa shape index (κ2) is 9.53. The van der Waals surface area contributed by atoms with Gasteiger partial charge in [0.2, 0.25) is 11.9 Å². The van der Waals surface area contributed by atoms with E-state index < -0.39 is 5.91 Å². The molecule has 0 unspecified atom stereocenters. The summed E-state index contributed by atoms with van der Waals surface area (Å²) in [6.07, 6.45) is 4.75. The molecular formula is C27H27N7O2. The summed E-state index contributed by atoms with van der Waals surface area (Å²) in [6, 6.07) is 15.5. The summed E-state index contributed by atoms with van der Waals surface area (Å²) >= 11 is 0. The number of para-hydroxylation sites is 1. The number of aryl methyl sites for hydroxylation is 1. The van der Waals surface area contributed by atoms with Crippen molar-refractivity contribution >= 4 is 40.0 Å². The molecule has 2 amide bonds. The summed E-state index contributed by atoms with van der Waals surface area (Å²) in [7, 11) is 0. The van der Waals surface area contributed by atoms with Crippen molar-refractivity contribution in [2.24, 2.45) is 5.73 Å². The van der Waals surface area contributed by atoms with Crippen LogP contribution in [0, 0.1) is 6.92 Å². The van der Waals surface area contributed by atoms with Crippen LogP contribution in [0.2, 0.25) is 0 Å². The van der Waals surface area contributed by atoms with Crippen LogP contribution < -0.4 is 16.0 Å². The van der Waals surface area contributed by atoms with Crippen LogP contribution in [0.1, 0.15) is 15.9 Å². The van der Waals surface area contributed by atoms with E-state index in [2.05, 4.69) is 45.8 Å². The van der Waals surface area contributed by atoms with E-state index in [-0.39, 0.29) is 5.91 Å². The van der Waals surface area contributed by atoms with E-state index in [1.54, 1.807) is 18.5 Å². The van der Waals surface area contributed by atoms with Gasteiger partial charge in [0.05, 0.1) is 11.1 Å². The number of carbonyl (C=O) groups excluding carboxylic acids is 2. The highest BCUT2D eigenvalue weighted by Gasteiger charge is 2.21. The average molecular weight is 482 g/mol. The Labute approximate surface area is 208 Å². The fraction of sp³-hybridized carbons (Fsp3) is 0.185. The molecule has 36 heavy (non-hydrogen) atoms. The molecule has 182 valence electrons. The predicted molar refractivity (Wildman–Crippen MR) is 141 cm³/mol. The van der Waals surface area contributed by atoms with Crippen LogP contribution in [0.25, 0.3) is 16.7 Å². The molecule has 0 atom stereocenters. The van der Waals surface area contributed by atoms with Gasteiger partial charge in [-0.2, -0.15) is 4.98 Å². The zero-order valence-electron chi connectivity index (χ0n) is 20.0. The summed E-state index contributed by atoms with van der Waals surface area (Å²) in [4.78, 5) is 36.9. The van der Waals surface area contributed by atoms with Crippen LogP contribution in [0.15, 0.2) is 73.6 Å². The van der Waals surface area contributed by atoms with Gasteiger partial charge in [-0.25, -0.2) is 4.98 Å². The number of primary amides is 1. The van der Waals surface area contributed by atoms with Crippen molar-refractivity contribution in [1.82, 2.24) is 19.4 Å². The smallest absolute Gasteiger partial charge is 0.250 e. The molecular weight excluding hydrogens is 454 g/mol. The first-order valence-electron chi connectivity index (χ1n) is 11.7. The molecule has 1 aliphatic heterocycles. The Morgan fingerprint density at radius 3 is 2.58 bits per heavy atom. The lowest BCUT2D eigenvalue weighted by atomic mass is 10.1. The SMILES string of the molecule is C=CC(=O)N1CCN(c2ccc(Nc3nccc(-n4cc(C(N)=O)c5ccccc54)n3)cc2C)CC1. The number of anilines is 3. The number of nitrogens with two attached hydrogens (primary N) is 1. The molecule has 9 heteroatoms. The average Bonchev–Trinajstić information content (AvgIpc) is 3.29. The number of piperazine rings is 1. The van der Waals surface area contributed by atoms with Gasteiger partial charge in [0.25, 0.3) is 5.91 Å². The Balaban J connectivity index is 1.35. The Morgan fingerprint density at radius 1 is 1.08 bits per heavy atom. The number of rotatable bonds is 6. The third-order valence-corrected chi connectivity index (χ3v) is 6.42. The molecule has 3 heterocycles. The zero-order chi connectivity index (χ0) is 25.2. The molecule has 3 N–H and O–H groups in total.